The SMILES string of the molecule is CC(C)C(=O)NC[C@H](O)c1ccccc1. The molecule has 1 aromatic rings. The Labute approximate surface area is 90.1 Å². The van der Waals surface area contributed by atoms with Crippen LogP contribution in [0.3, 0.4) is 0 Å². The van der Waals surface area contributed by atoms with E-state index >= 15 is 0 Å². The van der Waals surface area contributed by atoms with E-state index in [-0.39, 0.29) is 18.4 Å². The second kappa shape index (κ2) is 5.51. The number of aliphatic hydroxyl groups is 1. The van der Waals surface area contributed by atoms with Gasteiger partial charge in [-0.15, -0.1) is 0 Å². The van der Waals surface area contributed by atoms with Crippen LogP contribution in [0.25, 0.3) is 0 Å². The van der Waals surface area contributed by atoms with Crippen molar-refractivity contribution in [1.82, 2.24) is 5.32 Å². The molecule has 82 valence electrons. The highest BCUT2D eigenvalue weighted by Gasteiger charge is 2.10. The lowest BCUT2D eigenvalue weighted by Crippen LogP contribution is -2.31. The third kappa shape index (κ3) is 3.72. The Morgan fingerprint density at radius 1 is 1.33 bits per heavy atom. The van der Waals surface area contributed by atoms with Crippen LogP contribution in [0.2, 0.25) is 0 Å². The summed E-state index contributed by atoms with van der Waals surface area (Å²) in [6.07, 6.45) is -0.631. The van der Waals surface area contributed by atoms with E-state index in [4.69, 9.17) is 0 Å². The fourth-order valence-electron chi connectivity index (χ4n) is 1.19. The van der Waals surface area contributed by atoms with Crippen molar-refractivity contribution in [2.75, 3.05) is 6.54 Å². The molecular formula is C12H17NO2. The van der Waals surface area contributed by atoms with Crippen LogP contribution in [0.15, 0.2) is 30.3 Å². The van der Waals surface area contributed by atoms with Crippen LogP contribution in [0.1, 0.15) is 25.5 Å². The van der Waals surface area contributed by atoms with Gasteiger partial charge in [0, 0.05) is 12.5 Å². The van der Waals surface area contributed by atoms with Crippen LogP contribution in [0, 0.1) is 5.92 Å². The first-order valence-corrected chi connectivity index (χ1v) is 5.12. The molecule has 0 unspecified atom stereocenters. The summed E-state index contributed by atoms with van der Waals surface area (Å²) in [7, 11) is 0. The Bertz CT molecular complexity index is 309. The summed E-state index contributed by atoms with van der Waals surface area (Å²) in [5.74, 6) is -0.0852. The molecule has 0 radical (unpaired) electrons. The summed E-state index contributed by atoms with van der Waals surface area (Å²) < 4.78 is 0. The molecule has 3 heteroatoms. The average Bonchev–Trinajstić information content (AvgIpc) is 2.26. The van der Waals surface area contributed by atoms with Gasteiger partial charge in [0.1, 0.15) is 0 Å². The highest BCUT2D eigenvalue weighted by Crippen LogP contribution is 2.10. The van der Waals surface area contributed by atoms with Gasteiger partial charge >= 0.3 is 0 Å². The molecule has 0 heterocycles. The Morgan fingerprint density at radius 2 is 1.93 bits per heavy atom. The Hall–Kier alpha value is -1.35. The zero-order valence-electron chi connectivity index (χ0n) is 9.10. The van der Waals surface area contributed by atoms with E-state index in [1.165, 1.54) is 0 Å². The first kappa shape index (κ1) is 11.7. The van der Waals surface area contributed by atoms with E-state index < -0.39 is 6.10 Å². The van der Waals surface area contributed by atoms with Gasteiger partial charge in [-0.05, 0) is 5.56 Å². The molecule has 0 bridgehead atoms. The van der Waals surface area contributed by atoms with E-state index in [0.29, 0.717) is 0 Å². The molecule has 1 aromatic carbocycles. The topological polar surface area (TPSA) is 49.3 Å². The zero-order valence-corrected chi connectivity index (χ0v) is 9.10. The second-order valence-corrected chi connectivity index (χ2v) is 3.83. The van der Waals surface area contributed by atoms with Crippen molar-refractivity contribution in [3.63, 3.8) is 0 Å². The molecule has 0 saturated carbocycles. The van der Waals surface area contributed by atoms with Gasteiger partial charge in [0.2, 0.25) is 5.91 Å². The van der Waals surface area contributed by atoms with Gasteiger partial charge in [-0.3, -0.25) is 4.79 Å². The lowest BCUT2D eigenvalue weighted by molar-refractivity contribution is -0.124. The molecule has 0 aromatic heterocycles. The molecule has 0 aliphatic carbocycles. The van der Waals surface area contributed by atoms with E-state index in [9.17, 15) is 9.90 Å². The second-order valence-electron chi connectivity index (χ2n) is 3.83. The van der Waals surface area contributed by atoms with Crippen LogP contribution >= 0.6 is 0 Å². The smallest absolute Gasteiger partial charge is 0.222 e. The number of benzene rings is 1. The minimum absolute atomic E-state index is 0.0371. The third-order valence-electron chi connectivity index (χ3n) is 2.18. The molecule has 1 amide bonds. The Balaban J connectivity index is 2.44. The number of aliphatic hydroxyl groups excluding tert-OH is 1. The lowest BCUT2D eigenvalue weighted by Gasteiger charge is -2.13. The largest absolute Gasteiger partial charge is 0.387 e. The summed E-state index contributed by atoms with van der Waals surface area (Å²) >= 11 is 0. The van der Waals surface area contributed by atoms with Crippen molar-refractivity contribution in [2.24, 2.45) is 5.92 Å². The Morgan fingerprint density at radius 3 is 2.47 bits per heavy atom. The van der Waals surface area contributed by atoms with Crippen molar-refractivity contribution < 1.29 is 9.90 Å². The lowest BCUT2D eigenvalue weighted by atomic mass is 10.1. The van der Waals surface area contributed by atoms with Crippen LogP contribution < -0.4 is 5.32 Å². The predicted molar refractivity (Wildman–Crippen MR) is 59.2 cm³/mol. The van der Waals surface area contributed by atoms with Gasteiger partial charge in [0.15, 0.2) is 0 Å². The first-order chi connectivity index (χ1) is 7.11. The number of carbonyl (C=O) groups excluding carboxylic acids is 1. The number of nitrogens with one attached hydrogen (secondary N) is 1. The summed E-state index contributed by atoms with van der Waals surface area (Å²) in [6, 6.07) is 9.30. The Kier molecular flexibility index (Phi) is 4.31. The summed E-state index contributed by atoms with van der Waals surface area (Å²) in [5.41, 5.74) is 0.821. The summed E-state index contributed by atoms with van der Waals surface area (Å²) in [4.78, 5) is 11.3. The standard InChI is InChI=1S/C12H17NO2/c1-9(2)12(15)13-8-11(14)10-6-4-3-5-7-10/h3-7,9,11,14H,8H2,1-2H3,(H,13,15)/t11-/m0/s1. The number of hydrogen-bond acceptors (Lipinski definition) is 2. The first-order valence-electron chi connectivity index (χ1n) is 5.12. The van der Waals surface area contributed by atoms with Crippen molar-refractivity contribution in [1.29, 1.82) is 0 Å². The maximum atomic E-state index is 11.3. The molecule has 0 aliphatic rings. The number of amides is 1. The van der Waals surface area contributed by atoms with E-state index in [0.717, 1.165) is 5.56 Å². The predicted octanol–water partition coefficient (Wildman–Crippen LogP) is 1.49. The van der Waals surface area contributed by atoms with Crippen molar-refractivity contribution in [3.8, 4) is 0 Å². The van der Waals surface area contributed by atoms with Gasteiger partial charge in [-0.25, -0.2) is 0 Å². The van der Waals surface area contributed by atoms with Gasteiger partial charge in [0.25, 0.3) is 0 Å². The normalized spacial score (nSPS) is 12.5. The minimum Gasteiger partial charge on any atom is -0.387 e. The molecule has 2 N–H and O–H groups in total. The van der Waals surface area contributed by atoms with Crippen LogP contribution in [-0.4, -0.2) is 17.6 Å². The minimum atomic E-state index is -0.631. The molecule has 1 atom stereocenters. The van der Waals surface area contributed by atoms with Crippen LogP contribution in [0.4, 0.5) is 0 Å². The average molecular weight is 207 g/mol. The fourth-order valence-corrected chi connectivity index (χ4v) is 1.19. The molecule has 15 heavy (non-hydrogen) atoms. The number of hydrogen-bond donors (Lipinski definition) is 2. The van der Waals surface area contributed by atoms with E-state index in [1.807, 2.05) is 44.2 Å². The molecule has 0 spiro atoms. The number of carbonyl (C=O) groups is 1. The van der Waals surface area contributed by atoms with Gasteiger partial charge in [-0.2, -0.15) is 0 Å². The monoisotopic (exact) mass is 207 g/mol. The maximum Gasteiger partial charge on any atom is 0.222 e. The summed E-state index contributed by atoms with van der Waals surface area (Å²) in [5, 5.41) is 12.4. The number of rotatable bonds is 4. The molecule has 3 nitrogen and oxygen atoms in total. The molecule has 1 rings (SSSR count). The highest BCUT2D eigenvalue weighted by molar-refractivity contribution is 5.77. The van der Waals surface area contributed by atoms with Crippen LogP contribution in [-0.2, 0) is 4.79 Å². The molecule has 0 saturated heterocycles. The molecule has 0 fully saturated rings. The molecule has 0 aliphatic heterocycles. The van der Waals surface area contributed by atoms with Crippen molar-refractivity contribution in [3.05, 3.63) is 35.9 Å². The van der Waals surface area contributed by atoms with E-state index in [2.05, 4.69) is 5.32 Å². The summed E-state index contributed by atoms with van der Waals surface area (Å²) in [6.45, 7) is 3.91. The fraction of sp³-hybridized carbons (Fsp3) is 0.417. The van der Waals surface area contributed by atoms with Crippen molar-refractivity contribution in [2.45, 2.75) is 20.0 Å². The van der Waals surface area contributed by atoms with Gasteiger partial charge < -0.3 is 10.4 Å². The quantitative estimate of drug-likeness (QED) is 0.786. The zero-order chi connectivity index (χ0) is 11.3. The molecular weight excluding hydrogens is 190 g/mol. The van der Waals surface area contributed by atoms with E-state index in [1.54, 1.807) is 0 Å². The van der Waals surface area contributed by atoms with Crippen molar-refractivity contribution >= 4 is 5.91 Å². The van der Waals surface area contributed by atoms with Gasteiger partial charge in [-0.1, -0.05) is 44.2 Å². The maximum absolute atomic E-state index is 11.3. The third-order valence-corrected chi connectivity index (χ3v) is 2.18. The highest BCUT2D eigenvalue weighted by atomic mass is 16.3. The van der Waals surface area contributed by atoms with Crippen LogP contribution in [0.5, 0.6) is 0 Å². The van der Waals surface area contributed by atoms with Gasteiger partial charge in [0.05, 0.1) is 6.10 Å².